The van der Waals surface area contributed by atoms with Crippen molar-refractivity contribution in [3.05, 3.63) is 24.3 Å². The Morgan fingerprint density at radius 1 is 0.750 bits per heavy atom. The van der Waals surface area contributed by atoms with E-state index in [1.165, 1.54) is 24.3 Å². The first kappa shape index (κ1) is 15.8. The maximum absolute atomic E-state index is 10.5. The summed E-state index contributed by atoms with van der Waals surface area (Å²) in [6.07, 6.45) is 2.03. The molecule has 2 rings (SSSR count). The van der Waals surface area contributed by atoms with Gasteiger partial charge in [-0.1, -0.05) is 0 Å². The highest BCUT2D eigenvalue weighted by Gasteiger charge is 2.29. The summed E-state index contributed by atoms with van der Waals surface area (Å²) < 4.78 is 0. The van der Waals surface area contributed by atoms with Gasteiger partial charge in [0.15, 0.2) is 0 Å². The van der Waals surface area contributed by atoms with Gasteiger partial charge in [0, 0.05) is 0 Å². The summed E-state index contributed by atoms with van der Waals surface area (Å²) in [4.78, 5) is 21.0. The third kappa shape index (κ3) is 5.17. The molecule has 0 spiro atoms. The van der Waals surface area contributed by atoms with Crippen molar-refractivity contribution in [3.63, 3.8) is 0 Å². The smallest absolute Gasteiger partial charge is 0.306 e. The maximum Gasteiger partial charge on any atom is 0.306 e. The fourth-order valence-electron chi connectivity index (χ4n) is 2.04. The van der Waals surface area contributed by atoms with Crippen molar-refractivity contribution in [2.24, 2.45) is 11.8 Å². The van der Waals surface area contributed by atoms with Crippen LogP contribution in [-0.4, -0.2) is 32.4 Å². The number of carbonyl (C=O) groups is 2. The average Bonchev–Trinajstić information content (AvgIpc) is 2.43. The maximum atomic E-state index is 10.5. The molecule has 0 bridgehead atoms. The molecule has 1 aromatic carbocycles. The van der Waals surface area contributed by atoms with Crippen LogP contribution in [0.25, 0.3) is 0 Å². The number of phenolic OH excluding ortho intramolecular Hbond substituents is 2. The van der Waals surface area contributed by atoms with Gasteiger partial charge in [-0.25, -0.2) is 0 Å². The van der Waals surface area contributed by atoms with Gasteiger partial charge in [-0.2, -0.15) is 0 Å². The van der Waals surface area contributed by atoms with E-state index >= 15 is 0 Å². The van der Waals surface area contributed by atoms with E-state index in [1.807, 2.05) is 0 Å². The van der Waals surface area contributed by atoms with Crippen LogP contribution in [0.3, 0.4) is 0 Å². The molecule has 4 N–H and O–H groups in total. The second kappa shape index (κ2) is 7.37. The van der Waals surface area contributed by atoms with E-state index in [0.717, 1.165) is 0 Å². The van der Waals surface area contributed by atoms with Gasteiger partial charge in [-0.3, -0.25) is 9.59 Å². The minimum absolute atomic E-state index is 0.169. The average molecular weight is 282 g/mol. The zero-order chi connectivity index (χ0) is 15.1. The second-order valence-electron chi connectivity index (χ2n) is 4.74. The lowest BCUT2D eigenvalue weighted by Crippen LogP contribution is -2.25. The summed E-state index contributed by atoms with van der Waals surface area (Å²) in [5.41, 5.74) is 0. The van der Waals surface area contributed by atoms with Crippen LogP contribution in [0.1, 0.15) is 25.7 Å². The molecule has 6 heteroatoms. The molecule has 1 aromatic rings. The Morgan fingerprint density at radius 3 is 1.20 bits per heavy atom. The summed E-state index contributed by atoms with van der Waals surface area (Å²) in [5.74, 6) is -1.88. The fraction of sp³-hybridized carbons (Fsp3) is 0.429. The standard InChI is InChI=1S/C8H12O4.C6H6O2/c9-7(10)5-1-2-6(4-3-5)8(11)12;7-5-1-2-6(8)4-3-5/h5-6H,1-4H2,(H,9,10)(H,11,12);1-4,7-8H. The predicted molar refractivity (Wildman–Crippen MR) is 70.5 cm³/mol. The number of benzene rings is 1. The number of phenols is 2. The van der Waals surface area contributed by atoms with Crippen LogP contribution in [0.2, 0.25) is 0 Å². The number of rotatable bonds is 2. The molecule has 1 saturated carbocycles. The van der Waals surface area contributed by atoms with Crippen molar-refractivity contribution >= 4 is 11.9 Å². The lowest BCUT2D eigenvalue weighted by molar-refractivity contribution is -0.148. The molecule has 20 heavy (non-hydrogen) atoms. The zero-order valence-corrected chi connectivity index (χ0v) is 10.9. The molecular weight excluding hydrogens is 264 g/mol. The number of aliphatic carboxylic acids is 2. The van der Waals surface area contributed by atoms with Gasteiger partial charge in [0.2, 0.25) is 0 Å². The van der Waals surface area contributed by atoms with Gasteiger partial charge < -0.3 is 20.4 Å². The zero-order valence-electron chi connectivity index (χ0n) is 10.9. The molecule has 110 valence electrons. The van der Waals surface area contributed by atoms with E-state index in [1.54, 1.807) is 0 Å². The summed E-state index contributed by atoms with van der Waals surface area (Å²) in [5, 5.41) is 34.5. The van der Waals surface area contributed by atoms with Crippen LogP contribution in [0.4, 0.5) is 0 Å². The van der Waals surface area contributed by atoms with E-state index in [2.05, 4.69) is 0 Å². The largest absolute Gasteiger partial charge is 0.508 e. The van der Waals surface area contributed by atoms with Crippen molar-refractivity contribution in [2.45, 2.75) is 25.7 Å². The number of hydrogen-bond donors (Lipinski definition) is 4. The number of aromatic hydroxyl groups is 2. The summed E-state index contributed by atoms with van der Waals surface area (Å²) in [6.45, 7) is 0. The van der Waals surface area contributed by atoms with Crippen molar-refractivity contribution < 1.29 is 30.0 Å². The van der Waals surface area contributed by atoms with Crippen molar-refractivity contribution in [1.82, 2.24) is 0 Å². The van der Waals surface area contributed by atoms with Crippen LogP contribution in [0, 0.1) is 11.8 Å². The monoisotopic (exact) mass is 282 g/mol. The first-order valence-corrected chi connectivity index (χ1v) is 6.33. The minimum atomic E-state index is -0.793. The summed E-state index contributed by atoms with van der Waals surface area (Å²) in [6, 6.07) is 5.70. The number of carboxylic acids is 2. The summed E-state index contributed by atoms with van der Waals surface area (Å²) in [7, 11) is 0. The van der Waals surface area contributed by atoms with Gasteiger partial charge in [0.05, 0.1) is 11.8 Å². The third-order valence-electron chi connectivity index (χ3n) is 3.28. The van der Waals surface area contributed by atoms with Crippen LogP contribution in [0.15, 0.2) is 24.3 Å². The Balaban J connectivity index is 0.000000217. The van der Waals surface area contributed by atoms with Gasteiger partial charge in [-0.05, 0) is 49.9 Å². The first-order valence-electron chi connectivity index (χ1n) is 6.33. The van der Waals surface area contributed by atoms with E-state index in [0.29, 0.717) is 25.7 Å². The molecule has 0 amide bonds. The third-order valence-corrected chi connectivity index (χ3v) is 3.28. The SMILES string of the molecule is O=C(O)C1CCC(C(=O)O)CC1.Oc1ccc(O)cc1. The molecule has 0 aromatic heterocycles. The van der Waals surface area contributed by atoms with Crippen molar-refractivity contribution in [2.75, 3.05) is 0 Å². The molecule has 0 radical (unpaired) electrons. The highest BCUT2D eigenvalue weighted by atomic mass is 16.4. The van der Waals surface area contributed by atoms with Gasteiger partial charge in [-0.15, -0.1) is 0 Å². The van der Waals surface area contributed by atoms with Crippen LogP contribution in [0.5, 0.6) is 11.5 Å². The molecule has 0 aliphatic heterocycles. The second-order valence-corrected chi connectivity index (χ2v) is 4.74. The van der Waals surface area contributed by atoms with E-state index in [9.17, 15) is 9.59 Å². The van der Waals surface area contributed by atoms with E-state index in [-0.39, 0.29) is 23.3 Å². The molecule has 1 fully saturated rings. The molecule has 0 unspecified atom stereocenters. The Kier molecular flexibility index (Phi) is 5.83. The number of carboxylic acid groups (broad SMARTS) is 2. The molecule has 0 heterocycles. The molecule has 0 atom stereocenters. The Labute approximate surface area is 116 Å². The van der Waals surface area contributed by atoms with Crippen molar-refractivity contribution in [1.29, 1.82) is 0 Å². The Hall–Kier alpha value is -2.24. The minimum Gasteiger partial charge on any atom is -0.508 e. The molecule has 1 aliphatic rings. The molecule has 0 saturated heterocycles. The fourth-order valence-corrected chi connectivity index (χ4v) is 2.04. The molecule has 1 aliphatic carbocycles. The van der Waals surface area contributed by atoms with Crippen LogP contribution < -0.4 is 0 Å². The first-order chi connectivity index (χ1) is 9.40. The van der Waals surface area contributed by atoms with E-state index < -0.39 is 11.9 Å². The number of hydrogen-bond acceptors (Lipinski definition) is 4. The normalized spacial score (nSPS) is 21.4. The lowest BCUT2D eigenvalue weighted by Gasteiger charge is -2.22. The van der Waals surface area contributed by atoms with Gasteiger partial charge in [0.25, 0.3) is 0 Å². The Morgan fingerprint density at radius 2 is 1.00 bits per heavy atom. The lowest BCUT2D eigenvalue weighted by atomic mass is 9.82. The Bertz CT molecular complexity index is 402. The van der Waals surface area contributed by atoms with E-state index in [4.69, 9.17) is 20.4 Å². The summed E-state index contributed by atoms with van der Waals surface area (Å²) >= 11 is 0. The quantitative estimate of drug-likeness (QED) is 0.617. The molecule has 6 nitrogen and oxygen atoms in total. The highest BCUT2D eigenvalue weighted by molar-refractivity contribution is 5.72. The van der Waals surface area contributed by atoms with Crippen molar-refractivity contribution in [3.8, 4) is 11.5 Å². The van der Waals surface area contributed by atoms with Gasteiger partial charge in [0.1, 0.15) is 11.5 Å². The van der Waals surface area contributed by atoms with Crippen LogP contribution in [-0.2, 0) is 9.59 Å². The topological polar surface area (TPSA) is 115 Å². The highest BCUT2D eigenvalue weighted by Crippen LogP contribution is 2.28. The molecular formula is C14H18O6. The predicted octanol–water partition coefficient (Wildman–Crippen LogP) is 2.06. The van der Waals surface area contributed by atoms with Crippen LogP contribution >= 0.6 is 0 Å². The van der Waals surface area contributed by atoms with Gasteiger partial charge >= 0.3 is 11.9 Å².